The van der Waals surface area contributed by atoms with E-state index in [4.69, 9.17) is 22.1 Å². The van der Waals surface area contributed by atoms with Crippen molar-refractivity contribution in [2.24, 2.45) is 10.7 Å². The zero-order valence-corrected chi connectivity index (χ0v) is 17.1. The Balaban J connectivity index is 0.00000288. The van der Waals surface area contributed by atoms with Crippen LogP contribution in [0.3, 0.4) is 0 Å². The summed E-state index contributed by atoms with van der Waals surface area (Å²) in [6, 6.07) is 15.4. The molecular weight excluding hydrogens is 437 g/mol. The predicted octanol–water partition coefficient (Wildman–Crippen LogP) is 4.67. The van der Waals surface area contributed by atoms with Crippen LogP contribution in [0.2, 0.25) is 5.02 Å². The number of rotatable bonds is 5. The maximum Gasteiger partial charge on any atom is 0.193 e. The summed E-state index contributed by atoms with van der Waals surface area (Å²) in [6.07, 6.45) is 0. The van der Waals surface area contributed by atoms with Gasteiger partial charge in [-0.3, -0.25) is 4.99 Å². The van der Waals surface area contributed by atoms with Gasteiger partial charge in [0, 0.05) is 22.2 Å². The number of nitrogens with two attached hydrogens (primary N) is 1. The Hall–Kier alpha value is -1.47. The largest absolute Gasteiger partial charge is 0.497 e. The molecular formula is C18H23ClIN3O. The monoisotopic (exact) mass is 459 g/mol. The predicted molar refractivity (Wildman–Crippen MR) is 113 cm³/mol. The molecule has 0 aromatic heterocycles. The van der Waals surface area contributed by atoms with Gasteiger partial charge in [-0.2, -0.15) is 0 Å². The van der Waals surface area contributed by atoms with Crippen LogP contribution in [0, 0.1) is 0 Å². The van der Waals surface area contributed by atoms with E-state index in [9.17, 15) is 0 Å². The normalized spacial score (nSPS) is 11.6. The average Bonchev–Trinajstić information content (AvgIpc) is 2.53. The molecule has 130 valence electrons. The molecule has 0 spiro atoms. The molecule has 2 rings (SSSR count). The maximum absolute atomic E-state index is 6.06. The first kappa shape index (κ1) is 20.6. The van der Waals surface area contributed by atoms with Gasteiger partial charge in [-0.25, -0.2) is 0 Å². The molecule has 0 aliphatic rings. The van der Waals surface area contributed by atoms with Gasteiger partial charge >= 0.3 is 0 Å². The molecule has 2 aromatic carbocycles. The van der Waals surface area contributed by atoms with E-state index in [0.717, 1.165) is 22.0 Å². The summed E-state index contributed by atoms with van der Waals surface area (Å²) >= 11 is 6.06. The standard InChI is InChI=1S/C18H22ClN3O.HI/c1-18(2,13-6-4-7-14(19)10-13)12-21-17(20)22-15-8-5-9-16(11-15)23-3;/h4-11H,12H2,1-3H3,(H3,20,21,22);1H. The second-order valence-corrected chi connectivity index (χ2v) is 6.39. The van der Waals surface area contributed by atoms with Gasteiger partial charge in [0.1, 0.15) is 5.75 Å². The number of hydrogen-bond donors (Lipinski definition) is 2. The summed E-state index contributed by atoms with van der Waals surface area (Å²) in [7, 11) is 1.63. The molecule has 0 aliphatic heterocycles. The minimum Gasteiger partial charge on any atom is -0.497 e. The third-order valence-corrected chi connectivity index (χ3v) is 3.83. The van der Waals surface area contributed by atoms with Crippen LogP contribution in [0.5, 0.6) is 5.75 Å². The highest BCUT2D eigenvalue weighted by atomic mass is 127. The number of methoxy groups -OCH3 is 1. The van der Waals surface area contributed by atoms with Crippen molar-refractivity contribution >= 4 is 47.2 Å². The number of nitrogens with zero attached hydrogens (tertiary/aromatic N) is 1. The quantitative estimate of drug-likeness (QED) is 0.388. The minimum absolute atomic E-state index is 0. The number of ether oxygens (including phenoxy) is 1. The van der Waals surface area contributed by atoms with Gasteiger partial charge < -0.3 is 15.8 Å². The lowest BCUT2D eigenvalue weighted by molar-refractivity contribution is 0.415. The molecule has 0 atom stereocenters. The van der Waals surface area contributed by atoms with E-state index in [1.165, 1.54) is 0 Å². The summed E-state index contributed by atoms with van der Waals surface area (Å²) < 4.78 is 5.19. The Morgan fingerprint density at radius 3 is 2.58 bits per heavy atom. The van der Waals surface area contributed by atoms with Gasteiger partial charge in [0.2, 0.25) is 0 Å². The van der Waals surface area contributed by atoms with Crippen LogP contribution in [0.4, 0.5) is 5.69 Å². The van der Waals surface area contributed by atoms with Crippen LogP contribution >= 0.6 is 35.6 Å². The van der Waals surface area contributed by atoms with Crippen LogP contribution in [-0.4, -0.2) is 19.6 Å². The molecule has 0 heterocycles. The molecule has 0 aliphatic carbocycles. The summed E-state index contributed by atoms with van der Waals surface area (Å²) in [5.41, 5.74) is 7.79. The summed E-state index contributed by atoms with van der Waals surface area (Å²) in [4.78, 5) is 4.45. The van der Waals surface area contributed by atoms with E-state index in [1.54, 1.807) is 7.11 Å². The van der Waals surface area contributed by atoms with Crippen molar-refractivity contribution in [2.45, 2.75) is 19.3 Å². The highest BCUT2D eigenvalue weighted by Gasteiger charge is 2.20. The van der Waals surface area contributed by atoms with Crippen LogP contribution < -0.4 is 15.8 Å². The molecule has 0 saturated carbocycles. The zero-order valence-electron chi connectivity index (χ0n) is 14.0. The molecule has 0 amide bonds. The number of halogens is 2. The van der Waals surface area contributed by atoms with E-state index in [-0.39, 0.29) is 29.4 Å². The second-order valence-electron chi connectivity index (χ2n) is 5.95. The zero-order chi connectivity index (χ0) is 16.9. The first-order valence-corrected chi connectivity index (χ1v) is 7.75. The Bertz CT molecular complexity index is 704. The number of nitrogens with one attached hydrogen (secondary N) is 1. The summed E-state index contributed by atoms with van der Waals surface area (Å²) in [5, 5.41) is 3.80. The van der Waals surface area contributed by atoms with Crippen molar-refractivity contribution in [2.75, 3.05) is 19.0 Å². The third kappa shape index (κ3) is 5.87. The van der Waals surface area contributed by atoms with Crippen LogP contribution in [0.1, 0.15) is 19.4 Å². The smallest absolute Gasteiger partial charge is 0.193 e. The first-order chi connectivity index (χ1) is 10.9. The number of anilines is 1. The Morgan fingerprint density at radius 2 is 1.92 bits per heavy atom. The maximum atomic E-state index is 6.06. The molecule has 0 bridgehead atoms. The van der Waals surface area contributed by atoms with Crippen molar-refractivity contribution < 1.29 is 4.74 Å². The fraction of sp³-hybridized carbons (Fsp3) is 0.278. The van der Waals surface area contributed by atoms with Crippen LogP contribution in [-0.2, 0) is 5.41 Å². The third-order valence-electron chi connectivity index (χ3n) is 3.59. The number of aliphatic imine (C=N–C) groups is 1. The van der Waals surface area contributed by atoms with Gasteiger partial charge in [-0.1, -0.05) is 43.6 Å². The Labute approximate surface area is 165 Å². The highest BCUT2D eigenvalue weighted by molar-refractivity contribution is 14.0. The van der Waals surface area contributed by atoms with E-state index >= 15 is 0 Å². The van der Waals surface area contributed by atoms with Crippen molar-refractivity contribution in [3.8, 4) is 5.75 Å². The minimum atomic E-state index is -0.161. The molecule has 3 N–H and O–H groups in total. The molecule has 0 radical (unpaired) electrons. The first-order valence-electron chi connectivity index (χ1n) is 7.38. The van der Waals surface area contributed by atoms with Crippen molar-refractivity contribution in [3.05, 3.63) is 59.1 Å². The SMILES string of the molecule is COc1cccc(NC(N)=NCC(C)(C)c2cccc(Cl)c2)c1.I. The Kier molecular flexibility index (Phi) is 7.83. The fourth-order valence-corrected chi connectivity index (χ4v) is 2.36. The molecule has 0 saturated heterocycles. The van der Waals surface area contributed by atoms with Crippen molar-refractivity contribution in [1.82, 2.24) is 0 Å². The fourth-order valence-electron chi connectivity index (χ4n) is 2.17. The Morgan fingerprint density at radius 1 is 1.21 bits per heavy atom. The van der Waals surface area contributed by atoms with Crippen LogP contribution in [0.15, 0.2) is 53.5 Å². The van der Waals surface area contributed by atoms with E-state index in [2.05, 4.69) is 24.2 Å². The molecule has 6 heteroatoms. The lowest BCUT2D eigenvalue weighted by atomic mass is 9.85. The lowest BCUT2D eigenvalue weighted by Gasteiger charge is -2.23. The summed E-state index contributed by atoms with van der Waals surface area (Å²) in [6.45, 7) is 4.78. The van der Waals surface area contributed by atoms with Crippen LogP contribution in [0.25, 0.3) is 0 Å². The number of benzene rings is 2. The summed E-state index contributed by atoms with van der Waals surface area (Å²) in [5.74, 6) is 1.13. The van der Waals surface area contributed by atoms with Gasteiger partial charge in [-0.05, 0) is 29.8 Å². The topological polar surface area (TPSA) is 59.6 Å². The highest BCUT2D eigenvalue weighted by Crippen LogP contribution is 2.26. The van der Waals surface area contributed by atoms with Gasteiger partial charge in [0.25, 0.3) is 0 Å². The number of hydrogen-bond acceptors (Lipinski definition) is 2. The molecule has 0 unspecified atom stereocenters. The molecule has 2 aromatic rings. The molecule has 4 nitrogen and oxygen atoms in total. The lowest BCUT2D eigenvalue weighted by Crippen LogP contribution is -2.27. The van der Waals surface area contributed by atoms with E-state index < -0.39 is 0 Å². The van der Waals surface area contributed by atoms with Crippen molar-refractivity contribution in [3.63, 3.8) is 0 Å². The van der Waals surface area contributed by atoms with E-state index in [0.29, 0.717) is 12.5 Å². The molecule has 24 heavy (non-hydrogen) atoms. The van der Waals surface area contributed by atoms with Gasteiger partial charge in [0.05, 0.1) is 13.7 Å². The molecule has 0 fully saturated rings. The van der Waals surface area contributed by atoms with Gasteiger partial charge in [0.15, 0.2) is 5.96 Å². The average molecular weight is 460 g/mol. The van der Waals surface area contributed by atoms with Gasteiger partial charge in [-0.15, -0.1) is 24.0 Å². The van der Waals surface area contributed by atoms with Crippen molar-refractivity contribution in [1.29, 1.82) is 0 Å². The number of guanidine groups is 1. The second kappa shape index (κ2) is 9.13. The van der Waals surface area contributed by atoms with E-state index in [1.807, 2.05) is 48.5 Å².